The number of nitrogens with zero attached hydrogens (tertiary/aromatic N) is 2. The fourth-order valence-electron chi connectivity index (χ4n) is 2.50. The van der Waals surface area contributed by atoms with Gasteiger partial charge in [0.2, 0.25) is 5.91 Å². The molecule has 1 amide bonds. The molecule has 0 aromatic heterocycles. The summed E-state index contributed by atoms with van der Waals surface area (Å²) in [5.74, 6) is 0.661. The zero-order valence-electron chi connectivity index (χ0n) is 12.6. The van der Waals surface area contributed by atoms with Crippen LogP contribution in [-0.2, 0) is 11.2 Å². The molecule has 0 unspecified atom stereocenters. The highest BCUT2D eigenvalue weighted by atomic mass is 16.5. The SMILES string of the molecule is COc1ccc(CC(=O)NC2(C#N)CCN(C)CC2)cc1. The average molecular weight is 287 g/mol. The molecule has 0 saturated carbocycles. The minimum atomic E-state index is -0.712. The lowest BCUT2D eigenvalue weighted by Crippen LogP contribution is -2.54. The van der Waals surface area contributed by atoms with Crippen LogP contribution >= 0.6 is 0 Å². The second-order valence-corrected chi connectivity index (χ2v) is 5.57. The maximum Gasteiger partial charge on any atom is 0.225 e. The largest absolute Gasteiger partial charge is 0.497 e. The van der Waals surface area contributed by atoms with Gasteiger partial charge in [-0.15, -0.1) is 0 Å². The van der Waals surface area contributed by atoms with Crippen LogP contribution < -0.4 is 10.1 Å². The lowest BCUT2D eigenvalue weighted by molar-refractivity contribution is -0.122. The quantitative estimate of drug-likeness (QED) is 0.907. The zero-order valence-corrected chi connectivity index (χ0v) is 12.6. The first kappa shape index (κ1) is 15.3. The molecule has 0 bridgehead atoms. The maximum absolute atomic E-state index is 12.2. The van der Waals surface area contributed by atoms with Crippen molar-refractivity contribution in [2.24, 2.45) is 0 Å². The lowest BCUT2D eigenvalue weighted by Gasteiger charge is -2.36. The van der Waals surface area contributed by atoms with Crippen molar-refractivity contribution >= 4 is 5.91 Å². The molecular formula is C16H21N3O2. The van der Waals surface area contributed by atoms with Gasteiger partial charge in [-0.1, -0.05) is 12.1 Å². The van der Waals surface area contributed by atoms with Crippen molar-refractivity contribution in [3.63, 3.8) is 0 Å². The molecule has 21 heavy (non-hydrogen) atoms. The van der Waals surface area contributed by atoms with E-state index in [0.717, 1.165) is 24.4 Å². The molecule has 0 aliphatic carbocycles. The Balaban J connectivity index is 1.95. The summed E-state index contributed by atoms with van der Waals surface area (Å²) in [4.78, 5) is 14.3. The van der Waals surface area contributed by atoms with Crippen LogP contribution in [0.3, 0.4) is 0 Å². The van der Waals surface area contributed by atoms with Crippen LogP contribution in [0, 0.1) is 11.3 Å². The molecule has 0 spiro atoms. The Hall–Kier alpha value is -2.06. The van der Waals surface area contributed by atoms with E-state index >= 15 is 0 Å². The van der Waals surface area contributed by atoms with Crippen molar-refractivity contribution in [1.29, 1.82) is 5.26 Å². The molecule has 5 heteroatoms. The van der Waals surface area contributed by atoms with Crippen molar-refractivity contribution in [2.75, 3.05) is 27.2 Å². The number of ether oxygens (including phenoxy) is 1. The van der Waals surface area contributed by atoms with Crippen molar-refractivity contribution in [3.8, 4) is 11.8 Å². The van der Waals surface area contributed by atoms with Crippen LogP contribution in [-0.4, -0.2) is 43.6 Å². The van der Waals surface area contributed by atoms with E-state index in [9.17, 15) is 10.1 Å². The minimum absolute atomic E-state index is 0.105. The van der Waals surface area contributed by atoms with Gasteiger partial charge < -0.3 is 15.0 Å². The third-order valence-corrected chi connectivity index (χ3v) is 3.96. The number of rotatable bonds is 4. The van der Waals surface area contributed by atoms with E-state index in [4.69, 9.17) is 4.74 Å². The van der Waals surface area contributed by atoms with E-state index < -0.39 is 5.54 Å². The molecule has 1 N–H and O–H groups in total. The summed E-state index contributed by atoms with van der Waals surface area (Å²) in [6.45, 7) is 1.66. The van der Waals surface area contributed by atoms with E-state index in [2.05, 4.69) is 16.3 Å². The highest BCUT2D eigenvalue weighted by Crippen LogP contribution is 2.21. The van der Waals surface area contributed by atoms with Crippen molar-refractivity contribution in [3.05, 3.63) is 29.8 Å². The molecule has 0 atom stereocenters. The summed E-state index contributed by atoms with van der Waals surface area (Å²) in [5, 5.41) is 12.3. The van der Waals surface area contributed by atoms with Gasteiger partial charge in [0.15, 0.2) is 0 Å². The summed E-state index contributed by atoms with van der Waals surface area (Å²) in [5.41, 5.74) is 0.199. The number of carbonyl (C=O) groups is 1. The molecular weight excluding hydrogens is 266 g/mol. The summed E-state index contributed by atoms with van der Waals surface area (Å²) in [6.07, 6.45) is 1.63. The zero-order chi connectivity index (χ0) is 15.3. The van der Waals surface area contributed by atoms with Gasteiger partial charge in [0.1, 0.15) is 11.3 Å². The van der Waals surface area contributed by atoms with Gasteiger partial charge >= 0.3 is 0 Å². The minimum Gasteiger partial charge on any atom is -0.497 e. The molecule has 1 aromatic carbocycles. The number of carbonyl (C=O) groups excluding carboxylic acids is 1. The van der Waals surface area contributed by atoms with Gasteiger partial charge in [-0.25, -0.2) is 0 Å². The monoisotopic (exact) mass is 287 g/mol. The summed E-state index contributed by atoms with van der Waals surface area (Å²) in [7, 11) is 3.64. The van der Waals surface area contributed by atoms with Gasteiger partial charge in [0, 0.05) is 13.1 Å². The number of benzene rings is 1. The fraction of sp³-hybridized carbons (Fsp3) is 0.500. The first-order chi connectivity index (χ1) is 10.1. The molecule has 1 aliphatic heterocycles. The van der Waals surface area contributed by atoms with E-state index in [1.165, 1.54) is 0 Å². The summed E-state index contributed by atoms with van der Waals surface area (Å²) in [6, 6.07) is 9.69. The predicted molar refractivity (Wildman–Crippen MR) is 79.9 cm³/mol. The number of hydrogen-bond donors (Lipinski definition) is 1. The molecule has 1 heterocycles. The van der Waals surface area contributed by atoms with Crippen molar-refractivity contribution in [1.82, 2.24) is 10.2 Å². The molecule has 112 valence electrons. The van der Waals surface area contributed by atoms with Crippen LogP contribution in [0.25, 0.3) is 0 Å². The van der Waals surface area contributed by atoms with Gasteiger partial charge in [-0.2, -0.15) is 5.26 Å². The van der Waals surface area contributed by atoms with E-state index in [0.29, 0.717) is 12.8 Å². The molecule has 0 radical (unpaired) electrons. The number of likely N-dealkylation sites (tertiary alicyclic amines) is 1. The number of amides is 1. The number of piperidine rings is 1. The summed E-state index contributed by atoms with van der Waals surface area (Å²) >= 11 is 0. The van der Waals surface area contributed by atoms with Crippen LogP contribution in [0.15, 0.2) is 24.3 Å². The van der Waals surface area contributed by atoms with Gasteiger partial charge in [0.25, 0.3) is 0 Å². The summed E-state index contributed by atoms with van der Waals surface area (Å²) < 4.78 is 5.09. The van der Waals surface area contributed by atoms with Gasteiger partial charge in [-0.3, -0.25) is 4.79 Å². The number of methoxy groups -OCH3 is 1. The Kier molecular flexibility index (Phi) is 4.81. The maximum atomic E-state index is 12.2. The Morgan fingerprint density at radius 3 is 2.52 bits per heavy atom. The standard InChI is InChI=1S/C16H21N3O2/c1-19-9-7-16(12-17,8-10-19)18-15(20)11-13-3-5-14(21-2)6-4-13/h3-6H,7-11H2,1-2H3,(H,18,20). The van der Waals surface area contributed by atoms with Gasteiger partial charge in [-0.05, 0) is 37.6 Å². The third kappa shape index (κ3) is 3.96. The Bertz CT molecular complexity index is 525. The molecule has 1 fully saturated rings. The molecule has 1 aromatic rings. The van der Waals surface area contributed by atoms with Gasteiger partial charge in [0.05, 0.1) is 19.6 Å². The fourth-order valence-corrected chi connectivity index (χ4v) is 2.50. The highest BCUT2D eigenvalue weighted by Gasteiger charge is 2.35. The molecule has 5 nitrogen and oxygen atoms in total. The van der Waals surface area contributed by atoms with Crippen LogP contribution in [0.5, 0.6) is 5.75 Å². The number of nitriles is 1. The van der Waals surface area contributed by atoms with E-state index in [1.807, 2.05) is 31.3 Å². The topological polar surface area (TPSA) is 65.4 Å². The predicted octanol–water partition coefficient (Wildman–Crippen LogP) is 1.34. The second-order valence-electron chi connectivity index (χ2n) is 5.57. The molecule has 1 saturated heterocycles. The Morgan fingerprint density at radius 2 is 2.00 bits per heavy atom. The average Bonchev–Trinajstić information content (AvgIpc) is 2.50. The second kappa shape index (κ2) is 6.59. The Labute approximate surface area is 125 Å². The normalized spacial score (nSPS) is 17.8. The third-order valence-electron chi connectivity index (χ3n) is 3.96. The molecule has 2 rings (SSSR count). The van der Waals surface area contributed by atoms with Crippen LogP contribution in [0.1, 0.15) is 18.4 Å². The first-order valence-electron chi connectivity index (χ1n) is 7.11. The Morgan fingerprint density at radius 1 is 1.38 bits per heavy atom. The highest BCUT2D eigenvalue weighted by molar-refractivity contribution is 5.79. The first-order valence-corrected chi connectivity index (χ1v) is 7.11. The van der Waals surface area contributed by atoms with Crippen molar-refractivity contribution in [2.45, 2.75) is 24.8 Å². The van der Waals surface area contributed by atoms with Crippen molar-refractivity contribution < 1.29 is 9.53 Å². The van der Waals surface area contributed by atoms with Crippen LogP contribution in [0.4, 0.5) is 0 Å². The smallest absolute Gasteiger partial charge is 0.225 e. The lowest BCUT2D eigenvalue weighted by atomic mass is 9.89. The van der Waals surface area contributed by atoms with E-state index in [1.54, 1.807) is 7.11 Å². The van der Waals surface area contributed by atoms with E-state index in [-0.39, 0.29) is 12.3 Å². The van der Waals surface area contributed by atoms with Crippen LogP contribution in [0.2, 0.25) is 0 Å². The molecule has 1 aliphatic rings. The number of hydrogen-bond acceptors (Lipinski definition) is 4. The number of nitrogens with one attached hydrogen (secondary N) is 1.